The predicted octanol–water partition coefficient (Wildman–Crippen LogP) is 8.31. The number of fused-ring (bicyclic) bond motifs is 8. The lowest BCUT2D eigenvalue weighted by atomic mass is 9.91. The van der Waals surface area contributed by atoms with Crippen molar-refractivity contribution in [3.05, 3.63) is 93.0 Å². The van der Waals surface area contributed by atoms with E-state index in [2.05, 4.69) is 0 Å². The molecule has 0 saturated heterocycles. The van der Waals surface area contributed by atoms with Crippen molar-refractivity contribution in [3.8, 4) is 23.0 Å². The third-order valence-corrected chi connectivity index (χ3v) is 19.3. The number of ether oxygens (including phenoxy) is 4. The first-order valence-electron chi connectivity index (χ1n) is 22.9. The van der Waals surface area contributed by atoms with Crippen molar-refractivity contribution in [1.29, 1.82) is 0 Å². The fraction of sp³-hybridized carbons (Fsp3) is 0.500. The zero-order valence-electron chi connectivity index (χ0n) is 42.4. The number of rotatable bonds is 24. The maximum atomic E-state index is 14.8. The summed E-state index contributed by atoms with van der Waals surface area (Å²) in [4.78, 5) is 0. The fourth-order valence-electron chi connectivity index (χ4n) is 8.60. The molecule has 18 nitrogen and oxygen atoms in total. The molecule has 4 aromatic carbocycles. The van der Waals surface area contributed by atoms with Gasteiger partial charge in [-0.1, -0.05) is 0 Å². The van der Waals surface area contributed by atoms with Crippen molar-refractivity contribution in [1.82, 2.24) is 0 Å². The van der Waals surface area contributed by atoms with Crippen molar-refractivity contribution in [2.45, 2.75) is 81.1 Å². The molecule has 5 rings (SSSR count). The monoisotopic (exact) mass is 1060 g/mol. The van der Waals surface area contributed by atoms with Crippen LogP contribution in [0.3, 0.4) is 0 Å². The van der Waals surface area contributed by atoms with E-state index in [0.717, 1.165) is 0 Å². The Morgan fingerprint density at radius 3 is 0.529 bits per heavy atom. The lowest BCUT2D eigenvalue weighted by molar-refractivity contribution is 0.229. The number of hydrogen-bond donors (Lipinski definition) is 0. The van der Waals surface area contributed by atoms with Gasteiger partial charge in [-0.2, -0.15) is 0 Å². The molecule has 0 unspecified atom stereocenters. The summed E-state index contributed by atoms with van der Waals surface area (Å²) in [5.41, 5.74) is 4.42. The predicted molar refractivity (Wildman–Crippen MR) is 272 cm³/mol. The Morgan fingerprint density at radius 1 is 0.300 bits per heavy atom. The van der Waals surface area contributed by atoms with Gasteiger partial charge in [0.2, 0.25) is 0 Å². The summed E-state index contributed by atoms with van der Waals surface area (Å²) in [6.07, 6.45) is 0.290. The van der Waals surface area contributed by atoms with Crippen molar-refractivity contribution in [2.24, 2.45) is 0 Å². The quantitative estimate of drug-likeness (QED) is 0.0528. The maximum Gasteiger partial charge on any atom is 0.361 e. The Kier molecular flexibility index (Phi) is 23.5. The molecule has 4 aromatic rings. The summed E-state index contributed by atoms with van der Waals surface area (Å²) in [5.74, 6) is 1.72. The van der Waals surface area contributed by atoms with E-state index in [9.17, 15) is 18.3 Å². The Balaban J connectivity index is 0.00000648. The molecular weight excluding hydrogens is 988 g/mol. The first-order chi connectivity index (χ1) is 32.6. The molecule has 0 heterocycles. The highest BCUT2D eigenvalue weighted by Gasteiger charge is 2.36. The summed E-state index contributed by atoms with van der Waals surface area (Å²) in [5, 5.41) is 1.07. The second-order valence-electron chi connectivity index (χ2n) is 15.2. The van der Waals surface area contributed by atoms with Crippen LogP contribution < -0.4 is 40.2 Å². The minimum absolute atomic E-state index is 0. The summed E-state index contributed by atoms with van der Waals surface area (Å²) in [7, 11) is -9.66. The van der Waals surface area contributed by atoms with E-state index in [1.54, 1.807) is 132 Å². The summed E-state index contributed by atoms with van der Waals surface area (Å²) >= 11 is 0. The van der Waals surface area contributed by atoms with Gasteiger partial charge in [0.1, 0.15) is 23.0 Å². The van der Waals surface area contributed by atoms with Gasteiger partial charge in [-0.15, -0.1) is 0 Å². The first kappa shape index (κ1) is 60.9. The molecule has 70 heavy (non-hydrogen) atoms. The molecule has 0 aromatic heterocycles. The molecule has 392 valence electrons. The van der Waals surface area contributed by atoms with Gasteiger partial charge in [0.15, 0.2) is 0 Å². The van der Waals surface area contributed by atoms with E-state index >= 15 is 0 Å². The molecule has 1 aliphatic carbocycles. The van der Waals surface area contributed by atoms with Crippen LogP contribution in [0, 0.1) is 0 Å². The molecule has 0 aliphatic heterocycles. The van der Waals surface area contributed by atoms with Gasteiger partial charge in [0.05, 0.1) is 103 Å². The van der Waals surface area contributed by atoms with Crippen molar-refractivity contribution in [3.63, 3.8) is 0 Å². The summed E-state index contributed by atoms with van der Waals surface area (Å²) in [6, 6.07) is 13.8. The van der Waals surface area contributed by atoms with Crippen LogP contribution in [-0.2, 0) is 80.1 Å². The highest BCUT2D eigenvalue weighted by Crippen LogP contribution is 2.53. The van der Waals surface area contributed by atoms with E-state index in [-0.39, 0.29) is 111 Å². The molecule has 0 spiro atoms. The third kappa shape index (κ3) is 13.2. The van der Waals surface area contributed by atoms with Gasteiger partial charge in [-0.3, -0.25) is 18.3 Å². The SMILES string of the molecule is CCOP(=O)(OCC)c1cc2c(OC)c(c1)Cc1cc(P(=O)(OCC)OCC)cc(c1OC)Cc1cc(P(=O)(OCC)OCC)cc(c1OC)Cc1cc(P(=O)(OCC)OCC)cc(c1OC)C2.O.O. The molecule has 22 heteroatoms. The van der Waals surface area contributed by atoms with Gasteiger partial charge in [0.25, 0.3) is 0 Å². The molecule has 0 radical (unpaired) electrons. The van der Waals surface area contributed by atoms with Crippen molar-refractivity contribution < 1.29 is 84.4 Å². The minimum atomic E-state index is -3.96. The van der Waals surface area contributed by atoms with Crippen LogP contribution in [0.1, 0.15) is 99.9 Å². The van der Waals surface area contributed by atoms with E-state index in [4.69, 9.17) is 55.1 Å². The maximum absolute atomic E-state index is 14.8. The summed E-state index contributed by atoms with van der Waals surface area (Å²) in [6.45, 7) is 14.6. The van der Waals surface area contributed by atoms with Crippen LogP contribution in [0.15, 0.2) is 48.5 Å². The second-order valence-corrected chi connectivity index (χ2v) is 23.3. The molecule has 0 atom stereocenters. The van der Waals surface area contributed by atoms with E-state index in [1.165, 1.54) is 0 Å². The topological polar surface area (TPSA) is 242 Å². The van der Waals surface area contributed by atoms with E-state index < -0.39 is 30.4 Å². The van der Waals surface area contributed by atoms with Crippen LogP contribution in [0.4, 0.5) is 0 Å². The molecule has 0 fully saturated rings. The Bertz CT molecular complexity index is 2100. The largest absolute Gasteiger partial charge is 0.496 e. The zero-order chi connectivity index (χ0) is 49.9. The molecule has 0 amide bonds. The highest BCUT2D eigenvalue weighted by molar-refractivity contribution is 7.63. The average molecular weight is 1060 g/mol. The number of hydrogen-bond acceptors (Lipinski definition) is 16. The second kappa shape index (κ2) is 27.1. The minimum Gasteiger partial charge on any atom is -0.496 e. The molecule has 8 bridgehead atoms. The van der Waals surface area contributed by atoms with Crippen molar-refractivity contribution in [2.75, 3.05) is 81.3 Å². The van der Waals surface area contributed by atoms with E-state index in [0.29, 0.717) is 67.5 Å². The Hall–Kier alpha value is -3.40. The third-order valence-electron chi connectivity index (χ3n) is 10.9. The van der Waals surface area contributed by atoms with Gasteiger partial charge >= 0.3 is 30.4 Å². The standard InChI is InChI=1S/C48H68O16P4.2H2O/c1-13-57-65(49,58-14-2)41-25-33-21-35-27-42(66(50,59-15-3)60-16-4)29-37(46(35)54-10)23-39-31-44(68(52,63-19-7)64-20-8)32-40(48(39)56-12)24-38-30-43(67(51,61-17-5)62-18-6)28-36(47(38)55-11)22-34(26-41)45(33)53-9;;/h25-32H,13-24H2,1-12H3;2*1H2. The molecule has 0 saturated carbocycles. The highest BCUT2D eigenvalue weighted by atomic mass is 31.2. The van der Waals surface area contributed by atoms with E-state index in [1.807, 2.05) is 0 Å². The molecular formula is C48H72O18P4. The van der Waals surface area contributed by atoms with Crippen LogP contribution in [-0.4, -0.2) is 92.2 Å². The van der Waals surface area contributed by atoms with Gasteiger partial charge in [0, 0.05) is 25.7 Å². The lowest BCUT2D eigenvalue weighted by Crippen LogP contribution is -2.19. The molecule has 4 N–H and O–H groups in total. The van der Waals surface area contributed by atoms with Crippen LogP contribution in [0.5, 0.6) is 23.0 Å². The van der Waals surface area contributed by atoms with Gasteiger partial charge in [-0.05, 0) is 148 Å². The van der Waals surface area contributed by atoms with Gasteiger partial charge < -0.3 is 66.1 Å². The van der Waals surface area contributed by atoms with Gasteiger partial charge in [-0.25, -0.2) is 0 Å². The zero-order valence-corrected chi connectivity index (χ0v) is 46.0. The Morgan fingerprint density at radius 2 is 0.429 bits per heavy atom. The smallest absolute Gasteiger partial charge is 0.361 e. The lowest BCUT2D eigenvalue weighted by Gasteiger charge is -2.26. The first-order valence-corrected chi connectivity index (χ1v) is 29.1. The van der Waals surface area contributed by atoms with Crippen LogP contribution >= 0.6 is 30.4 Å². The number of benzene rings is 4. The number of methoxy groups -OCH3 is 4. The Labute approximate surface area is 413 Å². The van der Waals surface area contributed by atoms with Crippen LogP contribution in [0.25, 0.3) is 0 Å². The van der Waals surface area contributed by atoms with Crippen molar-refractivity contribution >= 4 is 51.6 Å². The fourth-order valence-corrected chi connectivity index (χ4v) is 15.3. The average Bonchev–Trinajstić information content (AvgIpc) is 3.29. The molecule has 1 aliphatic rings. The van der Waals surface area contributed by atoms with Crippen LogP contribution in [0.2, 0.25) is 0 Å². The summed E-state index contributed by atoms with van der Waals surface area (Å²) < 4.78 is 132. The normalized spacial score (nSPS) is 13.0.